The van der Waals surface area contributed by atoms with Crippen LogP contribution in [0.1, 0.15) is 18.9 Å². The molecule has 0 heterocycles. The molecule has 0 aliphatic carbocycles. The topological polar surface area (TPSA) is 51.0 Å². The summed E-state index contributed by atoms with van der Waals surface area (Å²) in [6, 6.07) is 19.6. The van der Waals surface area contributed by atoms with Crippen molar-refractivity contribution in [3.63, 3.8) is 0 Å². The molecule has 1 atom stereocenters. The molecule has 1 N–H and O–H groups in total. The fraction of sp³-hybridized carbons (Fsp3) is 0.316. The van der Waals surface area contributed by atoms with E-state index in [2.05, 4.69) is 17.3 Å². The van der Waals surface area contributed by atoms with E-state index in [4.69, 9.17) is 9.57 Å². The highest BCUT2D eigenvalue weighted by Crippen LogP contribution is 2.08. The number of para-hydroxylation sites is 1. The largest absolute Gasteiger partial charge is 0.491 e. The zero-order valence-corrected chi connectivity index (χ0v) is 13.4. The second kappa shape index (κ2) is 9.64. The molecule has 2 aromatic carbocycles. The number of nitrogens with zero attached hydrogens (tertiary/aromatic N) is 1. The van der Waals surface area contributed by atoms with Gasteiger partial charge in [-0.1, -0.05) is 53.7 Å². The summed E-state index contributed by atoms with van der Waals surface area (Å²) in [6.45, 7) is 2.23. The fourth-order valence-electron chi connectivity index (χ4n) is 2.01. The average molecular weight is 313 g/mol. The Morgan fingerprint density at radius 2 is 1.65 bits per heavy atom. The SMILES string of the molecule is C/C(CCc1ccccc1)=N\OCC(O)COc1ccccc1. The van der Waals surface area contributed by atoms with Crippen LogP contribution in [0, 0.1) is 0 Å². The molecule has 2 aromatic rings. The third kappa shape index (κ3) is 6.98. The predicted octanol–water partition coefficient (Wildman–Crippen LogP) is 3.45. The Labute approximate surface area is 137 Å². The van der Waals surface area contributed by atoms with Crippen molar-refractivity contribution in [3.8, 4) is 5.75 Å². The molecule has 0 fully saturated rings. The zero-order valence-electron chi connectivity index (χ0n) is 13.4. The van der Waals surface area contributed by atoms with Crippen molar-refractivity contribution in [1.82, 2.24) is 0 Å². The van der Waals surface area contributed by atoms with Crippen molar-refractivity contribution < 1.29 is 14.7 Å². The Kier molecular flexibility index (Phi) is 7.14. The summed E-state index contributed by atoms with van der Waals surface area (Å²) >= 11 is 0. The number of hydrogen-bond donors (Lipinski definition) is 1. The van der Waals surface area contributed by atoms with Crippen LogP contribution in [0.4, 0.5) is 0 Å². The number of aryl methyl sites for hydroxylation is 1. The van der Waals surface area contributed by atoms with Gasteiger partial charge < -0.3 is 14.7 Å². The van der Waals surface area contributed by atoms with Crippen LogP contribution in [-0.4, -0.2) is 30.1 Å². The van der Waals surface area contributed by atoms with Crippen LogP contribution in [0.25, 0.3) is 0 Å². The lowest BCUT2D eigenvalue weighted by atomic mass is 10.1. The highest BCUT2D eigenvalue weighted by molar-refractivity contribution is 5.81. The lowest BCUT2D eigenvalue weighted by molar-refractivity contribution is 0.0141. The van der Waals surface area contributed by atoms with Gasteiger partial charge in [0.05, 0.1) is 5.71 Å². The summed E-state index contributed by atoms with van der Waals surface area (Å²) < 4.78 is 5.45. The second-order valence-electron chi connectivity index (χ2n) is 5.39. The number of oxime groups is 1. The van der Waals surface area contributed by atoms with Gasteiger partial charge in [-0.15, -0.1) is 0 Å². The Balaban J connectivity index is 1.62. The maximum atomic E-state index is 9.81. The van der Waals surface area contributed by atoms with Gasteiger partial charge >= 0.3 is 0 Å². The van der Waals surface area contributed by atoms with Gasteiger partial charge in [0.25, 0.3) is 0 Å². The van der Waals surface area contributed by atoms with E-state index >= 15 is 0 Å². The quantitative estimate of drug-likeness (QED) is 0.570. The van der Waals surface area contributed by atoms with Gasteiger partial charge in [0.1, 0.15) is 25.1 Å². The van der Waals surface area contributed by atoms with Gasteiger partial charge in [0, 0.05) is 0 Å². The van der Waals surface area contributed by atoms with E-state index in [0.29, 0.717) is 0 Å². The molecule has 0 saturated heterocycles. The van der Waals surface area contributed by atoms with Crippen molar-refractivity contribution in [1.29, 1.82) is 0 Å². The molecule has 0 aliphatic rings. The monoisotopic (exact) mass is 313 g/mol. The summed E-state index contributed by atoms with van der Waals surface area (Å²) in [7, 11) is 0. The zero-order chi connectivity index (χ0) is 16.3. The van der Waals surface area contributed by atoms with Gasteiger partial charge in [-0.05, 0) is 37.5 Å². The Morgan fingerprint density at radius 1 is 1.00 bits per heavy atom. The van der Waals surface area contributed by atoms with Gasteiger partial charge in [-0.2, -0.15) is 0 Å². The molecule has 0 spiro atoms. The van der Waals surface area contributed by atoms with Crippen molar-refractivity contribution in [2.75, 3.05) is 13.2 Å². The Morgan fingerprint density at radius 3 is 2.35 bits per heavy atom. The van der Waals surface area contributed by atoms with Crippen molar-refractivity contribution in [2.24, 2.45) is 5.16 Å². The highest BCUT2D eigenvalue weighted by atomic mass is 16.6. The molecule has 4 heteroatoms. The Bertz CT molecular complexity index is 584. The van der Waals surface area contributed by atoms with Crippen LogP contribution in [0.15, 0.2) is 65.8 Å². The third-order valence-electron chi connectivity index (χ3n) is 3.29. The van der Waals surface area contributed by atoms with Crippen molar-refractivity contribution >= 4 is 5.71 Å². The normalized spacial score (nSPS) is 12.7. The van der Waals surface area contributed by atoms with E-state index < -0.39 is 6.10 Å². The first-order valence-electron chi connectivity index (χ1n) is 7.79. The molecule has 122 valence electrons. The first-order valence-corrected chi connectivity index (χ1v) is 7.79. The minimum atomic E-state index is -0.708. The summed E-state index contributed by atoms with van der Waals surface area (Å²) in [5, 5.41) is 13.8. The van der Waals surface area contributed by atoms with Crippen molar-refractivity contribution in [2.45, 2.75) is 25.9 Å². The van der Waals surface area contributed by atoms with E-state index in [1.54, 1.807) is 0 Å². The van der Waals surface area contributed by atoms with Gasteiger partial charge in [-0.25, -0.2) is 0 Å². The summed E-state index contributed by atoms with van der Waals surface area (Å²) in [5.74, 6) is 0.731. The first kappa shape index (κ1) is 17.0. The lowest BCUT2D eigenvalue weighted by Gasteiger charge is -2.11. The van der Waals surface area contributed by atoms with Crippen LogP contribution in [0.2, 0.25) is 0 Å². The molecule has 0 radical (unpaired) electrons. The molecule has 4 nitrogen and oxygen atoms in total. The number of benzene rings is 2. The lowest BCUT2D eigenvalue weighted by Crippen LogP contribution is -2.22. The number of aliphatic hydroxyl groups is 1. The average Bonchev–Trinajstić information content (AvgIpc) is 2.60. The van der Waals surface area contributed by atoms with Gasteiger partial charge in [-0.3, -0.25) is 0 Å². The molecule has 1 unspecified atom stereocenters. The van der Waals surface area contributed by atoms with E-state index in [1.165, 1.54) is 5.56 Å². The maximum absolute atomic E-state index is 9.81. The van der Waals surface area contributed by atoms with Crippen LogP contribution in [0.5, 0.6) is 5.75 Å². The molecule has 23 heavy (non-hydrogen) atoms. The molecule has 0 amide bonds. The summed E-state index contributed by atoms with van der Waals surface area (Å²) in [5.41, 5.74) is 2.18. The van der Waals surface area contributed by atoms with E-state index in [9.17, 15) is 5.11 Å². The predicted molar refractivity (Wildman–Crippen MR) is 91.8 cm³/mol. The molecular formula is C19H23NO3. The third-order valence-corrected chi connectivity index (χ3v) is 3.29. The minimum Gasteiger partial charge on any atom is -0.491 e. The van der Waals surface area contributed by atoms with Crippen LogP contribution in [0.3, 0.4) is 0 Å². The maximum Gasteiger partial charge on any atom is 0.146 e. The number of ether oxygens (including phenoxy) is 1. The van der Waals surface area contributed by atoms with E-state index in [1.807, 2.05) is 55.5 Å². The molecule has 0 saturated carbocycles. The van der Waals surface area contributed by atoms with Crippen LogP contribution >= 0.6 is 0 Å². The fourth-order valence-corrected chi connectivity index (χ4v) is 2.01. The standard InChI is InChI=1S/C19H23NO3/c1-16(12-13-17-8-4-2-5-9-17)20-23-15-18(21)14-22-19-10-6-3-7-11-19/h2-11,18,21H,12-15H2,1H3/b20-16+. The summed E-state index contributed by atoms with van der Waals surface area (Å²) in [6.07, 6.45) is 1.06. The number of rotatable bonds is 9. The molecular weight excluding hydrogens is 290 g/mol. The molecule has 0 aromatic heterocycles. The molecule has 2 rings (SSSR count). The Hall–Kier alpha value is -2.33. The first-order chi connectivity index (χ1) is 11.2. The smallest absolute Gasteiger partial charge is 0.146 e. The number of aliphatic hydroxyl groups excluding tert-OH is 1. The van der Waals surface area contributed by atoms with Crippen molar-refractivity contribution in [3.05, 3.63) is 66.2 Å². The summed E-state index contributed by atoms with van der Waals surface area (Å²) in [4.78, 5) is 5.19. The van der Waals surface area contributed by atoms with Gasteiger partial charge in [0.15, 0.2) is 0 Å². The highest BCUT2D eigenvalue weighted by Gasteiger charge is 2.06. The van der Waals surface area contributed by atoms with Crippen LogP contribution < -0.4 is 4.74 Å². The second-order valence-corrected chi connectivity index (χ2v) is 5.39. The van der Waals surface area contributed by atoms with Gasteiger partial charge in [0.2, 0.25) is 0 Å². The number of hydrogen-bond acceptors (Lipinski definition) is 4. The van der Waals surface area contributed by atoms with E-state index in [0.717, 1.165) is 24.3 Å². The van der Waals surface area contributed by atoms with Crippen LogP contribution in [-0.2, 0) is 11.3 Å². The molecule has 0 aliphatic heterocycles. The van der Waals surface area contributed by atoms with E-state index in [-0.39, 0.29) is 13.2 Å². The minimum absolute atomic E-state index is 0.121. The molecule has 0 bridgehead atoms.